The molecule has 1 saturated heterocycles. The van der Waals surface area contributed by atoms with Crippen molar-refractivity contribution < 1.29 is 18.9 Å². The Balaban J connectivity index is 1.26. The average molecular weight is 437 g/mol. The van der Waals surface area contributed by atoms with Gasteiger partial charge in [-0.25, -0.2) is 0 Å². The fourth-order valence-electron chi connectivity index (χ4n) is 5.95. The molecule has 3 aliphatic rings. The molecular formula is C28H36O4. The molecular weight excluding hydrogens is 400 g/mol. The molecule has 0 unspecified atom stereocenters. The third-order valence-electron chi connectivity index (χ3n) is 7.57. The summed E-state index contributed by atoms with van der Waals surface area (Å²) in [7, 11) is 0. The molecule has 2 heterocycles. The van der Waals surface area contributed by atoms with Crippen LogP contribution in [0.4, 0.5) is 0 Å². The fourth-order valence-corrected chi connectivity index (χ4v) is 5.95. The van der Waals surface area contributed by atoms with Crippen molar-refractivity contribution in [3.63, 3.8) is 0 Å². The lowest BCUT2D eigenvalue weighted by Gasteiger charge is -2.50. The van der Waals surface area contributed by atoms with Crippen LogP contribution in [0.15, 0.2) is 48.5 Å². The Kier molecular flexibility index (Phi) is 5.94. The Labute approximate surface area is 192 Å². The number of aryl methyl sites for hydroxylation is 1. The summed E-state index contributed by atoms with van der Waals surface area (Å²) in [6.07, 6.45) is 6.33. The summed E-state index contributed by atoms with van der Waals surface area (Å²) < 4.78 is 25.0. The van der Waals surface area contributed by atoms with Crippen molar-refractivity contribution in [1.82, 2.24) is 0 Å². The van der Waals surface area contributed by atoms with Crippen LogP contribution in [-0.2, 0) is 15.9 Å². The van der Waals surface area contributed by atoms with E-state index >= 15 is 0 Å². The average Bonchev–Trinajstić information content (AvgIpc) is 3.21. The fraction of sp³-hybridized carbons (Fsp3) is 0.571. The molecule has 0 N–H and O–H groups in total. The van der Waals surface area contributed by atoms with E-state index in [-0.39, 0.29) is 11.7 Å². The minimum absolute atomic E-state index is 0.166. The van der Waals surface area contributed by atoms with Gasteiger partial charge in [0.2, 0.25) is 0 Å². The van der Waals surface area contributed by atoms with Gasteiger partial charge in [0.05, 0.1) is 19.3 Å². The molecule has 2 aromatic rings. The van der Waals surface area contributed by atoms with E-state index in [0.29, 0.717) is 25.0 Å². The van der Waals surface area contributed by atoms with Crippen LogP contribution in [0.3, 0.4) is 0 Å². The Bertz CT molecular complexity index is 916. The molecule has 1 aliphatic carbocycles. The number of hydrogen-bond acceptors (Lipinski definition) is 4. The van der Waals surface area contributed by atoms with E-state index in [1.54, 1.807) is 0 Å². The SMILES string of the molecule is C[C@H](CCCc1ccccc1)Oc1ccc2c(c1)OC(C)(C)[C@@H]1CCC3(C[C@@H]21)OCCO3. The van der Waals surface area contributed by atoms with Gasteiger partial charge in [0, 0.05) is 24.8 Å². The van der Waals surface area contributed by atoms with Crippen molar-refractivity contribution in [2.75, 3.05) is 13.2 Å². The zero-order chi connectivity index (χ0) is 22.2. The molecule has 0 radical (unpaired) electrons. The minimum Gasteiger partial charge on any atom is -0.491 e. The molecule has 1 spiro atoms. The third kappa shape index (κ3) is 4.40. The molecule has 0 bridgehead atoms. The number of ether oxygens (including phenoxy) is 4. The van der Waals surface area contributed by atoms with Gasteiger partial charge in [-0.1, -0.05) is 36.4 Å². The van der Waals surface area contributed by atoms with Crippen LogP contribution in [0.1, 0.15) is 69.9 Å². The topological polar surface area (TPSA) is 36.9 Å². The monoisotopic (exact) mass is 436 g/mol. The Hall–Kier alpha value is -2.04. The van der Waals surface area contributed by atoms with Crippen molar-refractivity contribution in [2.24, 2.45) is 5.92 Å². The predicted octanol–water partition coefficient (Wildman–Crippen LogP) is 6.27. The highest BCUT2D eigenvalue weighted by Crippen LogP contribution is 2.55. The second-order valence-electron chi connectivity index (χ2n) is 10.3. The lowest BCUT2D eigenvalue weighted by Crippen LogP contribution is -2.50. The Morgan fingerprint density at radius 2 is 1.84 bits per heavy atom. The van der Waals surface area contributed by atoms with Gasteiger partial charge in [0.1, 0.15) is 17.1 Å². The number of benzene rings is 2. The summed E-state index contributed by atoms with van der Waals surface area (Å²) in [5.74, 6) is 2.31. The summed E-state index contributed by atoms with van der Waals surface area (Å²) >= 11 is 0. The first-order valence-electron chi connectivity index (χ1n) is 12.3. The smallest absolute Gasteiger partial charge is 0.169 e. The van der Waals surface area contributed by atoms with E-state index in [1.807, 2.05) is 0 Å². The van der Waals surface area contributed by atoms with Gasteiger partial charge in [-0.3, -0.25) is 0 Å². The summed E-state index contributed by atoms with van der Waals surface area (Å²) in [5.41, 5.74) is 2.45. The van der Waals surface area contributed by atoms with Crippen LogP contribution in [0.2, 0.25) is 0 Å². The first-order chi connectivity index (χ1) is 15.4. The van der Waals surface area contributed by atoms with E-state index in [2.05, 4.69) is 69.3 Å². The van der Waals surface area contributed by atoms with Gasteiger partial charge in [0.15, 0.2) is 5.79 Å². The van der Waals surface area contributed by atoms with Crippen molar-refractivity contribution in [3.05, 3.63) is 59.7 Å². The van der Waals surface area contributed by atoms with Crippen LogP contribution in [0.5, 0.6) is 11.5 Å². The van der Waals surface area contributed by atoms with E-state index in [1.165, 1.54) is 11.1 Å². The van der Waals surface area contributed by atoms with Crippen LogP contribution in [0, 0.1) is 5.92 Å². The van der Waals surface area contributed by atoms with Gasteiger partial charge >= 0.3 is 0 Å². The largest absolute Gasteiger partial charge is 0.491 e. The van der Waals surface area contributed by atoms with Gasteiger partial charge < -0.3 is 18.9 Å². The molecule has 2 aromatic carbocycles. The normalized spacial score (nSPS) is 26.1. The van der Waals surface area contributed by atoms with Gasteiger partial charge in [-0.15, -0.1) is 0 Å². The maximum atomic E-state index is 6.54. The molecule has 172 valence electrons. The lowest BCUT2D eigenvalue weighted by atomic mass is 9.65. The minimum atomic E-state index is -0.395. The molecule has 2 aliphatic heterocycles. The second-order valence-corrected chi connectivity index (χ2v) is 10.3. The number of rotatable bonds is 6. The number of fused-ring (bicyclic) bond motifs is 3. The molecule has 0 amide bonds. The van der Waals surface area contributed by atoms with Crippen molar-refractivity contribution >= 4 is 0 Å². The predicted molar refractivity (Wildman–Crippen MR) is 125 cm³/mol. The van der Waals surface area contributed by atoms with E-state index < -0.39 is 5.79 Å². The van der Waals surface area contributed by atoms with Gasteiger partial charge in [0.25, 0.3) is 0 Å². The first-order valence-corrected chi connectivity index (χ1v) is 12.3. The summed E-state index contributed by atoms with van der Waals surface area (Å²) in [5, 5.41) is 0. The third-order valence-corrected chi connectivity index (χ3v) is 7.57. The van der Waals surface area contributed by atoms with E-state index in [4.69, 9.17) is 18.9 Å². The summed E-state index contributed by atoms with van der Waals surface area (Å²) in [6.45, 7) is 8.02. The van der Waals surface area contributed by atoms with Crippen molar-refractivity contribution in [2.45, 2.75) is 82.7 Å². The quantitative estimate of drug-likeness (QED) is 0.534. The maximum absolute atomic E-state index is 6.54. The molecule has 2 fully saturated rings. The van der Waals surface area contributed by atoms with Crippen LogP contribution < -0.4 is 9.47 Å². The molecule has 3 atom stereocenters. The number of hydrogen-bond donors (Lipinski definition) is 0. The molecule has 32 heavy (non-hydrogen) atoms. The highest BCUT2D eigenvalue weighted by atomic mass is 16.7. The summed E-state index contributed by atoms with van der Waals surface area (Å²) in [6, 6.07) is 17.1. The molecule has 4 nitrogen and oxygen atoms in total. The first kappa shape index (κ1) is 21.8. The van der Waals surface area contributed by atoms with Crippen molar-refractivity contribution in [3.8, 4) is 11.5 Å². The molecule has 5 rings (SSSR count). The van der Waals surface area contributed by atoms with Crippen LogP contribution in [-0.4, -0.2) is 30.7 Å². The highest BCUT2D eigenvalue weighted by molar-refractivity contribution is 5.46. The lowest BCUT2D eigenvalue weighted by molar-refractivity contribution is -0.198. The van der Waals surface area contributed by atoms with Gasteiger partial charge in [-0.05, 0) is 69.6 Å². The van der Waals surface area contributed by atoms with Crippen molar-refractivity contribution in [1.29, 1.82) is 0 Å². The summed E-state index contributed by atoms with van der Waals surface area (Å²) in [4.78, 5) is 0. The van der Waals surface area contributed by atoms with Gasteiger partial charge in [-0.2, -0.15) is 0 Å². The van der Waals surface area contributed by atoms with E-state index in [9.17, 15) is 0 Å². The molecule has 4 heteroatoms. The zero-order valence-electron chi connectivity index (χ0n) is 19.6. The zero-order valence-corrected chi connectivity index (χ0v) is 19.6. The van der Waals surface area contributed by atoms with Crippen LogP contribution >= 0.6 is 0 Å². The molecule has 0 aromatic heterocycles. The Morgan fingerprint density at radius 1 is 1.06 bits per heavy atom. The Morgan fingerprint density at radius 3 is 2.62 bits per heavy atom. The molecule has 1 saturated carbocycles. The van der Waals surface area contributed by atoms with Crippen LogP contribution in [0.25, 0.3) is 0 Å². The maximum Gasteiger partial charge on any atom is 0.169 e. The standard InChI is InChI=1S/C28H36O4/c1-20(8-7-11-21-9-5-4-6-10-21)31-22-12-13-23-24-19-28(29-16-17-30-28)15-14-25(24)27(2,3)32-26(23)18-22/h4-6,9-10,12-13,18,20,24-25H,7-8,11,14-17,19H2,1-3H3/t20-,24+,25-/m1/s1. The second kappa shape index (κ2) is 8.72. The highest BCUT2D eigenvalue weighted by Gasteiger charge is 2.53. The van der Waals surface area contributed by atoms with E-state index in [0.717, 1.165) is 50.0 Å².